The molecule has 21 heavy (non-hydrogen) atoms. The topological polar surface area (TPSA) is 84.1 Å². The summed E-state index contributed by atoms with van der Waals surface area (Å²) in [5, 5.41) is 9.71. The first-order valence-corrected chi connectivity index (χ1v) is 8.12. The summed E-state index contributed by atoms with van der Waals surface area (Å²) in [6.07, 6.45) is 1.56. The maximum Gasteiger partial charge on any atom is 0.341 e. The second-order valence-electron chi connectivity index (χ2n) is 4.25. The van der Waals surface area contributed by atoms with E-state index in [1.807, 2.05) is 36.4 Å². The molecule has 8 heteroatoms. The van der Waals surface area contributed by atoms with Crippen LogP contribution in [0.25, 0.3) is 0 Å². The van der Waals surface area contributed by atoms with E-state index in [2.05, 4.69) is 15.5 Å². The molecule has 112 valence electrons. The SMILES string of the molecule is CCOC(=O)c1c(NC(=O)c2[nH]ncc2I)sc(C)c1C. The third-order valence-corrected chi connectivity index (χ3v) is 4.85. The van der Waals surface area contributed by atoms with Gasteiger partial charge in [-0.15, -0.1) is 11.3 Å². The van der Waals surface area contributed by atoms with Gasteiger partial charge in [0.2, 0.25) is 0 Å². The highest BCUT2D eigenvalue weighted by Crippen LogP contribution is 2.33. The van der Waals surface area contributed by atoms with Gasteiger partial charge in [0.15, 0.2) is 0 Å². The van der Waals surface area contributed by atoms with Crippen LogP contribution in [-0.4, -0.2) is 28.7 Å². The Balaban J connectivity index is 2.32. The molecule has 2 aromatic rings. The normalized spacial score (nSPS) is 10.5. The van der Waals surface area contributed by atoms with Gasteiger partial charge in [0, 0.05) is 4.88 Å². The number of rotatable bonds is 4. The predicted octanol–water partition coefficient (Wildman–Crippen LogP) is 3.12. The van der Waals surface area contributed by atoms with Gasteiger partial charge in [-0.05, 0) is 48.9 Å². The molecule has 0 saturated heterocycles. The summed E-state index contributed by atoms with van der Waals surface area (Å²) in [4.78, 5) is 25.2. The molecule has 2 heterocycles. The number of carbonyl (C=O) groups is 2. The predicted molar refractivity (Wildman–Crippen MR) is 89.0 cm³/mol. The Hall–Kier alpha value is -1.42. The van der Waals surface area contributed by atoms with Crippen molar-refractivity contribution in [2.24, 2.45) is 0 Å². The van der Waals surface area contributed by atoms with Gasteiger partial charge in [-0.25, -0.2) is 4.79 Å². The van der Waals surface area contributed by atoms with E-state index in [0.717, 1.165) is 10.4 Å². The molecular formula is C13H14IN3O3S. The average Bonchev–Trinajstić information content (AvgIpc) is 2.95. The Bertz CT molecular complexity index is 693. The minimum atomic E-state index is -0.422. The number of nitrogens with zero attached hydrogens (tertiary/aromatic N) is 1. The second-order valence-corrected chi connectivity index (χ2v) is 6.64. The molecule has 0 atom stereocenters. The number of ether oxygens (including phenoxy) is 1. The summed E-state index contributed by atoms with van der Waals surface area (Å²) in [5.74, 6) is -0.752. The largest absolute Gasteiger partial charge is 0.462 e. The van der Waals surface area contributed by atoms with Gasteiger partial charge >= 0.3 is 5.97 Å². The van der Waals surface area contributed by atoms with Crippen LogP contribution in [0, 0.1) is 17.4 Å². The molecule has 1 amide bonds. The fraction of sp³-hybridized carbons (Fsp3) is 0.308. The minimum Gasteiger partial charge on any atom is -0.462 e. The number of thiophene rings is 1. The lowest BCUT2D eigenvalue weighted by Gasteiger charge is -2.06. The molecule has 0 spiro atoms. The molecule has 0 saturated carbocycles. The number of amides is 1. The lowest BCUT2D eigenvalue weighted by atomic mass is 10.1. The highest BCUT2D eigenvalue weighted by Gasteiger charge is 2.23. The van der Waals surface area contributed by atoms with Crippen LogP contribution in [0.4, 0.5) is 5.00 Å². The monoisotopic (exact) mass is 419 g/mol. The van der Waals surface area contributed by atoms with Crippen LogP contribution in [0.2, 0.25) is 0 Å². The number of aromatic nitrogens is 2. The van der Waals surface area contributed by atoms with Gasteiger partial charge in [0.1, 0.15) is 10.7 Å². The fourth-order valence-corrected chi connectivity index (χ4v) is 3.31. The Morgan fingerprint density at radius 2 is 2.19 bits per heavy atom. The fourth-order valence-electron chi connectivity index (χ4n) is 1.76. The number of carbonyl (C=O) groups excluding carboxylic acids is 2. The van der Waals surface area contributed by atoms with Crippen molar-refractivity contribution in [3.63, 3.8) is 0 Å². The van der Waals surface area contributed by atoms with E-state index in [-0.39, 0.29) is 5.91 Å². The summed E-state index contributed by atoms with van der Waals surface area (Å²) < 4.78 is 5.77. The van der Waals surface area contributed by atoms with Crippen LogP contribution in [0.1, 0.15) is 38.2 Å². The van der Waals surface area contributed by atoms with Crippen molar-refractivity contribution in [2.75, 3.05) is 11.9 Å². The number of aryl methyl sites for hydroxylation is 1. The van der Waals surface area contributed by atoms with Crippen molar-refractivity contribution >= 4 is 50.8 Å². The first kappa shape index (κ1) is 16.0. The maximum atomic E-state index is 12.2. The lowest BCUT2D eigenvalue weighted by Crippen LogP contribution is -2.16. The van der Waals surface area contributed by atoms with Crippen LogP contribution < -0.4 is 5.32 Å². The molecule has 0 aliphatic carbocycles. The van der Waals surface area contributed by atoms with Gasteiger partial charge in [0.05, 0.1) is 21.9 Å². The number of aromatic amines is 1. The Morgan fingerprint density at radius 1 is 1.48 bits per heavy atom. The van der Waals surface area contributed by atoms with Crippen molar-refractivity contribution in [3.8, 4) is 0 Å². The molecule has 0 unspecified atom stereocenters. The van der Waals surface area contributed by atoms with Gasteiger partial charge < -0.3 is 10.1 Å². The van der Waals surface area contributed by atoms with Crippen molar-refractivity contribution in [3.05, 3.63) is 31.5 Å². The molecule has 0 aromatic carbocycles. The van der Waals surface area contributed by atoms with Crippen molar-refractivity contribution in [2.45, 2.75) is 20.8 Å². The standard InChI is InChI=1S/C13H14IN3O3S/c1-4-20-13(19)9-6(2)7(3)21-12(9)16-11(18)10-8(14)5-15-17-10/h5H,4H2,1-3H3,(H,15,17)(H,16,18). The summed E-state index contributed by atoms with van der Waals surface area (Å²) in [7, 11) is 0. The summed E-state index contributed by atoms with van der Waals surface area (Å²) in [5.41, 5.74) is 1.62. The molecule has 0 bridgehead atoms. The molecule has 6 nitrogen and oxygen atoms in total. The van der Waals surface area contributed by atoms with E-state index in [1.165, 1.54) is 11.3 Å². The van der Waals surface area contributed by atoms with Gasteiger partial charge in [-0.1, -0.05) is 0 Å². The van der Waals surface area contributed by atoms with Crippen molar-refractivity contribution in [1.29, 1.82) is 0 Å². The second kappa shape index (κ2) is 6.56. The third-order valence-electron chi connectivity index (χ3n) is 2.91. The Labute approximate surface area is 139 Å². The number of anilines is 1. The van der Waals surface area contributed by atoms with Crippen LogP contribution >= 0.6 is 33.9 Å². The first-order valence-electron chi connectivity index (χ1n) is 6.23. The number of hydrogen-bond donors (Lipinski definition) is 2. The molecule has 0 aliphatic rings. The van der Waals surface area contributed by atoms with E-state index >= 15 is 0 Å². The van der Waals surface area contributed by atoms with Crippen molar-refractivity contribution in [1.82, 2.24) is 10.2 Å². The van der Waals surface area contributed by atoms with Crippen LogP contribution in [0.5, 0.6) is 0 Å². The third kappa shape index (κ3) is 3.26. The van der Waals surface area contributed by atoms with Crippen LogP contribution in [0.15, 0.2) is 6.20 Å². The molecular weight excluding hydrogens is 405 g/mol. The number of halogens is 1. The Kier molecular flexibility index (Phi) is 4.99. The molecule has 2 rings (SSSR count). The average molecular weight is 419 g/mol. The summed E-state index contributed by atoms with van der Waals surface area (Å²) in [6.45, 7) is 5.78. The quantitative estimate of drug-likeness (QED) is 0.589. The summed E-state index contributed by atoms with van der Waals surface area (Å²) in [6, 6.07) is 0. The maximum absolute atomic E-state index is 12.2. The molecule has 0 aliphatic heterocycles. The van der Waals surface area contributed by atoms with E-state index < -0.39 is 5.97 Å². The highest BCUT2D eigenvalue weighted by atomic mass is 127. The number of nitrogens with one attached hydrogen (secondary N) is 2. The van der Waals surface area contributed by atoms with E-state index in [9.17, 15) is 9.59 Å². The van der Waals surface area contributed by atoms with Gasteiger partial charge in [-0.3, -0.25) is 9.89 Å². The highest BCUT2D eigenvalue weighted by molar-refractivity contribution is 14.1. The van der Waals surface area contributed by atoms with Crippen LogP contribution in [0.3, 0.4) is 0 Å². The van der Waals surface area contributed by atoms with Gasteiger partial charge in [-0.2, -0.15) is 5.10 Å². The first-order chi connectivity index (χ1) is 9.95. The van der Waals surface area contributed by atoms with Gasteiger partial charge in [0.25, 0.3) is 5.91 Å². The zero-order valence-corrected chi connectivity index (χ0v) is 14.7. The zero-order valence-electron chi connectivity index (χ0n) is 11.7. The molecule has 0 radical (unpaired) electrons. The number of hydrogen-bond acceptors (Lipinski definition) is 5. The van der Waals surface area contributed by atoms with Crippen molar-refractivity contribution < 1.29 is 14.3 Å². The van der Waals surface area contributed by atoms with E-state index in [1.54, 1.807) is 13.1 Å². The summed E-state index contributed by atoms with van der Waals surface area (Å²) >= 11 is 3.38. The number of H-pyrrole nitrogens is 1. The molecule has 0 fully saturated rings. The minimum absolute atomic E-state index is 0.291. The number of esters is 1. The lowest BCUT2D eigenvalue weighted by molar-refractivity contribution is 0.0527. The van der Waals surface area contributed by atoms with Crippen LogP contribution in [-0.2, 0) is 4.74 Å². The molecule has 2 N–H and O–H groups in total. The van der Waals surface area contributed by atoms with E-state index in [0.29, 0.717) is 26.4 Å². The zero-order chi connectivity index (χ0) is 15.6. The Morgan fingerprint density at radius 3 is 2.76 bits per heavy atom. The van der Waals surface area contributed by atoms with E-state index in [4.69, 9.17) is 4.74 Å². The smallest absolute Gasteiger partial charge is 0.341 e. The molecule has 2 aromatic heterocycles.